The summed E-state index contributed by atoms with van der Waals surface area (Å²) in [6.45, 7) is 0. The first kappa shape index (κ1) is 19.3. The number of nitrogens with zero attached hydrogens (tertiary/aromatic N) is 3. The number of nitro groups is 1. The van der Waals surface area contributed by atoms with E-state index in [4.69, 9.17) is 0 Å². The number of aromatic nitrogens is 2. The predicted molar refractivity (Wildman–Crippen MR) is 103 cm³/mol. The van der Waals surface area contributed by atoms with Crippen LogP contribution in [-0.2, 0) is 7.05 Å². The molecule has 8 nitrogen and oxygen atoms in total. The van der Waals surface area contributed by atoms with Crippen LogP contribution in [0.15, 0.2) is 30.5 Å². The number of non-ortho nitro benzene ring substituents is 1. The van der Waals surface area contributed by atoms with Gasteiger partial charge in [-0.25, -0.2) is 0 Å². The summed E-state index contributed by atoms with van der Waals surface area (Å²) in [5.74, 6) is -0.141. The number of aryl methyl sites for hydroxylation is 1. The highest BCUT2D eigenvalue weighted by Gasteiger charge is 2.34. The highest BCUT2D eigenvalue weighted by Crippen LogP contribution is 2.28. The van der Waals surface area contributed by atoms with Crippen LogP contribution < -0.4 is 10.6 Å². The molecule has 2 saturated heterocycles. The second kappa shape index (κ2) is 7.66. The molecule has 4 rings (SSSR count). The van der Waals surface area contributed by atoms with E-state index in [9.17, 15) is 14.9 Å². The SMILES string of the molecule is Cl.Cn1cc(C(=O)NC2CC3CCC(C2)N3)c(-c2ccc([N+](=O)[O-])cc2)n1. The lowest BCUT2D eigenvalue weighted by Gasteiger charge is -2.29. The Bertz CT molecular complexity index is 839. The minimum absolute atomic E-state index is 0. The largest absolute Gasteiger partial charge is 0.349 e. The molecule has 0 saturated carbocycles. The van der Waals surface area contributed by atoms with Gasteiger partial charge in [-0.3, -0.25) is 19.6 Å². The first-order chi connectivity index (χ1) is 12.5. The van der Waals surface area contributed by atoms with E-state index in [1.165, 1.54) is 25.0 Å². The Morgan fingerprint density at radius 3 is 2.48 bits per heavy atom. The standard InChI is InChI=1S/C18H21N5O3.ClH/c1-22-10-16(17(21-22)11-2-6-15(7-3-11)23(25)26)18(24)20-14-8-12-4-5-13(9-14)19-12;/h2-3,6-7,10,12-14,19H,4-5,8-9H2,1H3,(H,20,24);1H. The summed E-state index contributed by atoms with van der Waals surface area (Å²) in [6, 6.07) is 7.28. The monoisotopic (exact) mass is 391 g/mol. The van der Waals surface area contributed by atoms with Gasteiger partial charge in [-0.1, -0.05) is 0 Å². The van der Waals surface area contributed by atoms with Crippen molar-refractivity contribution in [2.24, 2.45) is 7.05 Å². The summed E-state index contributed by atoms with van der Waals surface area (Å²) in [5, 5.41) is 21.9. The molecular formula is C18H22ClN5O3. The normalized spacial score (nSPS) is 23.5. The molecule has 2 aromatic rings. The third-order valence-electron chi connectivity index (χ3n) is 5.23. The number of halogens is 1. The van der Waals surface area contributed by atoms with Crippen molar-refractivity contribution in [3.63, 3.8) is 0 Å². The molecule has 1 aromatic carbocycles. The van der Waals surface area contributed by atoms with Gasteiger partial charge in [0, 0.05) is 49.1 Å². The minimum atomic E-state index is -0.443. The zero-order valence-corrected chi connectivity index (χ0v) is 15.7. The van der Waals surface area contributed by atoms with E-state index in [2.05, 4.69) is 15.7 Å². The number of rotatable bonds is 4. The fourth-order valence-corrected chi connectivity index (χ4v) is 4.05. The maximum atomic E-state index is 12.8. The molecule has 2 aliphatic heterocycles. The van der Waals surface area contributed by atoms with Crippen LogP contribution in [0.25, 0.3) is 11.3 Å². The molecule has 1 aromatic heterocycles. The fourth-order valence-electron chi connectivity index (χ4n) is 4.05. The molecule has 0 spiro atoms. The Labute approximate surface area is 162 Å². The Kier molecular flexibility index (Phi) is 5.48. The number of nitrogens with one attached hydrogen (secondary N) is 2. The van der Waals surface area contributed by atoms with Crippen molar-refractivity contribution < 1.29 is 9.72 Å². The molecular weight excluding hydrogens is 370 g/mol. The summed E-state index contributed by atoms with van der Waals surface area (Å²) >= 11 is 0. The average Bonchev–Trinajstić information content (AvgIpc) is 3.17. The van der Waals surface area contributed by atoms with Gasteiger partial charge in [0.1, 0.15) is 5.69 Å². The number of hydrogen-bond acceptors (Lipinski definition) is 5. The Balaban J connectivity index is 0.00000210. The van der Waals surface area contributed by atoms with Gasteiger partial charge in [-0.15, -0.1) is 12.4 Å². The van der Waals surface area contributed by atoms with Crippen molar-refractivity contribution in [1.82, 2.24) is 20.4 Å². The molecule has 144 valence electrons. The number of nitro benzene ring substituents is 1. The lowest BCUT2D eigenvalue weighted by atomic mass is 9.99. The smallest absolute Gasteiger partial charge is 0.269 e. The molecule has 2 bridgehead atoms. The second-order valence-electron chi connectivity index (χ2n) is 7.15. The Morgan fingerprint density at radius 2 is 1.89 bits per heavy atom. The second-order valence-corrected chi connectivity index (χ2v) is 7.15. The maximum absolute atomic E-state index is 12.8. The number of piperidine rings is 1. The molecule has 3 heterocycles. The van der Waals surface area contributed by atoms with Crippen molar-refractivity contribution >= 4 is 24.0 Å². The number of carbonyl (C=O) groups is 1. The zero-order chi connectivity index (χ0) is 18.3. The van der Waals surface area contributed by atoms with E-state index in [1.54, 1.807) is 30.1 Å². The quantitative estimate of drug-likeness (QED) is 0.615. The van der Waals surface area contributed by atoms with Crippen LogP contribution in [0.2, 0.25) is 0 Å². The van der Waals surface area contributed by atoms with Gasteiger partial charge >= 0.3 is 0 Å². The fraction of sp³-hybridized carbons (Fsp3) is 0.444. The molecule has 2 atom stereocenters. The summed E-state index contributed by atoms with van der Waals surface area (Å²) in [6.07, 6.45) is 5.96. The Morgan fingerprint density at radius 1 is 1.26 bits per heavy atom. The van der Waals surface area contributed by atoms with E-state index >= 15 is 0 Å². The van der Waals surface area contributed by atoms with Gasteiger partial charge in [0.15, 0.2) is 0 Å². The molecule has 0 aliphatic carbocycles. The summed E-state index contributed by atoms with van der Waals surface area (Å²) in [5.41, 5.74) is 1.73. The Hall–Kier alpha value is -2.45. The number of hydrogen-bond donors (Lipinski definition) is 2. The lowest BCUT2D eigenvalue weighted by molar-refractivity contribution is -0.384. The van der Waals surface area contributed by atoms with Crippen molar-refractivity contribution in [2.45, 2.75) is 43.8 Å². The summed E-state index contributed by atoms with van der Waals surface area (Å²) in [4.78, 5) is 23.2. The van der Waals surface area contributed by atoms with E-state index in [0.29, 0.717) is 28.9 Å². The van der Waals surface area contributed by atoms with Gasteiger partial charge in [0.25, 0.3) is 11.6 Å². The summed E-state index contributed by atoms with van der Waals surface area (Å²) in [7, 11) is 1.76. The number of fused-ring (bicyclic) bond motifs is 2. The average molecular weight is 392 g/mol. The van der Waals surface area contributed by atoms with Gasteiger partial charge in [0.05, 0.1) is 10.5 Å². The van der Waals surface area contributed by atoms with Crippen LogP contribution in [0.1, 0.15) is 36.0 Å². The third kappa shape index (κ3) is 3.96. The topological polar surface area (TPSA) is 102 Å². The van der Waals surface area contributed by atoms with Crippen LogP contribution in [0.4, 0.5) is 5.69 Å². The zero-order valence-electron chi connectivity index (χ0n) is 14.9. The molecule has 1 amide bonds. The molecule has 2 N–H and O–H groups in total. The number of carbonyl (C=O) groups excluding carboxylic acids is 1. The van der Waals surface area contributed by atoms with E-state index in [0.717, 1.165) is 12.8 Å². The van der Waals surface area contributed by atoms with E-state index in [-0.39, 0.29) is 30.0 Å². The molecule has 27 heavy (non-hydrogen) atoms. The van der Waals surface area contributed by atoms with Gasteiger partial charge < -0.3 is 10.6 Å². The van der Waals surface area contributed by atoms with Crippen LogP contribution >= 0.6 is 12.4 Å². The lowest BCUT2D eigenvalue weighted by Crippen LogP contribution is -2.48. The van der Waals surface area contributed by atoms with Gasteiger partial charge in [-0.05, 0) is 37.8 Å². The van der Waals surface area contributed by atoms with Gasteiger partial charge in [-0.2, -0.15) is 5.10 Å². The van der Waals surface area contributed by atoms with E-state index < -0.39 is 4.92 Å². The summed E-state index contributed by atoms with van der Waals surface area (Å²) < 4.78 is 1.60. The van der Waals surface area contributed by atoms with Crippen LogP contribution in [0.5, 0.6) is 0 Å². The van der Waals surface area contributed by atoms with Crippen molar-refractivity contribution in [2.75, 3.05) is 0 Å². The predicted octanol–water partition coefficient (Wildman–Crippen LogP) is 2.43. The third-order valence-corrected chi connectivity index (χ3v) is 5.23. The number of amides is 1. The van der Waals surface area contributed by atoms with Crippen LogP contribution in [0, 0.1) is 10.1 Å². The minimum Gasteiger partial charge on any atom is -0.349 e. The number of benzene rings is 1. The molecule has 2 aliphatic rings. The van der Waals surface area contributed by atoms with E-state index in [1.807, 2.05) is 0 Å². The van der Waals surface area contributed by atoms with Crippen molar-refractivity contribution in [1.29, 1.82) is 0 Å². The highest BCUT2D eigenvalue weighted by atomic mass is 35.5. The molecule has 2 fully saturated rings. The van der Waals surface area contributed by atoms with Gasteiger partial charge in [0.2, 0.25) is 0 Å². The first-order valence-corrected chi connectivity index (χ1v) is 8.85. The first-order valence-electron chi connectivity index (χ1n) is 8.85. The highest BCUT2D eigenvalue weighted by molar-refractivity contribution is 6.00. The van der Waals surface area contributed by atoms with Crippen molar-refractivity contribution in [3.05, 3.63) is 46.1 Å². The van der Waals surface area contributed by atoms with Crippen LogP contribution in [-0.4, -0.2) is 38.7 Å². The molecule has 2 unspecified atom stereocenters. The maximum Gasteiger partial charge on any atom is 0.269 e. The van der Waals surface area contributed by atoms with Crippen LogP contribution in [0.3, 0.4) is 0 Å². The molecule has 9 heteroatoms. The van der Waals surface area contributed by atoms with Crippen molar-refractivity contribution in [3.8, 4) is 11.3 Å². The molecule has 0 radical (unpaired) electrons.